The Bertz CT molecular complexity index is 1190. The molecule has 0 aliphatic heterocycles. The minimum absolute atomic E-state index is 0.140. The zero-order valence-corrected chi connectivity index (χ0v) is 17.6. The van der Waals surface area contributed by atoms with Crippen molar-refractivity contribution >= 4 is 22.9 Å². The summed E-state index contributed by atoms with van der Waals surface area (Å²) >= 11 is 1.48. The molecule has 8 heteroatoms. The van der Waals surface area contributed by atoms with E-state index in [0.717, 1.165) is 16.3 Å². The molecular weight excluding hydrogens is 412 g/mol. The van der Waals surface area contributed by atoms with Gasteiger partial charge in [-0.1, -0.05) is 24.3 Å². The average Bonchev–Trinajstić information content (AvgIpc) is 3.23. The lowest BCUT2D eigenvalue weighted by atomic mass is 10.2. The van der Waals surface area contributed by atoms with E-state index in [1.807, 2.05) is 36.6 Å². The van der Waals surface area contributed by atoms with E-state index < -0.39 is 0 Å². The highest BCUT2D eigenvalue weighted by molar-refractivity contribution is 7.13. The van der Waals surface area contributed by atoms with Crippen LogP contribution in [0.15, 0.2) is 66.3 Å². The van der Waals surface area contributed by atoms with E-state index >= 15 is 0 Å². The van der Waals surface area contributed by atoms with E-state index in [-0.39, 0.29) is 18.1 Å². The maximum Gasteiger partial charge on any atom is 0.230 e. The third-order valence-corrected chi connectivity index (χ3v) is 5.28. The quantitative estimate of drug-likeness (QED) is 0.445. The molecule has 0 radical (unpaired) electrons. The van der Waals surface area contributed by atoms with Crippen LogP contribution in [-0.2, 0) is 11.2 Å². The monoisotopic (exact) mass is 432 g/mol. The predicted molar refractivity (Wildman–Crippen MR) is 120 cm³/mol. The number of para-hydroxylation sites is 1. The van der Waals surface area contributed by atoms with Gasteiger partial charge in [-0.2, -0.15) is 0 Å². The van der Waals surface area contributed by atoms with E-state index in [0.29, 0.717) is 29.4 Å². The van der Waals surface area contributed by atoms with Crippen molar-refractivity contribution in [2.45, 2.75) is 13.3 Å². The summed E-state index contributed by atoms with van der Waals surface area (Å²) in [5.41, 5.74) is 2.78. The van der Waals surface area contributed by atoms with Gasteiger partial charge >= 0.3 is 0 Å². The smallest absolute Gasteiger partial charge is 0.230 e. The van der Waals surface area contributed by atoms with Crippen LogP contribution >= 0.6 is 11.3 Å². The average molecular weight is 433 g/mol. The van der Waals surface area contributed by atoms with Crippen LogP contribution in [0.3, 0.4) is 0 Å². The Morgan fingerprint density at radius 1 is 1.13 bits per heavy atom. The number of carbonyl (C=O) groups excluding carboxylic acids is 1. The maximum atomic E-state index is 12.4. The highest BCUT2D eigenvalue weighted by Gasteiger charge is 2.13. The number of ether oxygens (including phenoxy) is 1. The maximum absolute atomic E-state index is 12.4. The van der Waals surface area contributed by atoms with Gasteiger partial charge in [0.2, 0.25) is 5.91 Å². The zero-order valence-electron chi connectivity index (χ0n) is 16.8. The standard InChI is InChI=1S/C23H20N4O3S/c1-2-30-20-9-4-3-8-19(20)23-27-16(14-31-23)11-21(29)26-17-12-24-22(25-13-17)15-6-5-7-18(28)10-15/h3-10,12-14,28H,2,11H2,1H3,(H,26,29). The molecule has 0 spiro atoms. The third-order valence-electron chi connectivity index (χ3n) is 4.35. The van der Waals surface area contributed by atoms with E-state index in [2.05, 4.69) is 20.3 Å². The minimum Gasteiger partial charge on any atom is -0.508 e. The van der Waals surface area contributed by atoms with Crippen LogP contribution in [0.25, 0.3) is 22.0 Å². The molecule has 31 heavy (non-hydrogen) atoms. The Kier molecular flexibility index (Phi) is 6.18. The van der Waals surface area contributed by atoms with Crippen LogP contribution in [0.4, 0.5) is 5.69 Å². The molecule has 2 aromatic heterocycles. The minimum atomic E-state index is -0.205. The molecule has 0 bridgehead atoms. The van der Waals surface area contributed by atoms with Crippen molar-refractivity contribution in [1.29, 1.82) is 0 Å². The van der Waals surface area contributed by atoms with Crippen molar-refractivity contribution in [3.63, 3.8) is 0 Å². The molecule has 156 valence electrons. The van der Waals surface area contributed by atoms with Crippen molar-refractivity contribution < 1.29 is 14.6 Å². The Morgan fingerprint density at radius 2 is 1.94 bits per heavy atom. The number of nitrogens with one attached hydrogen (secondary N) is 1. The van der Waals surface area contributed by atoms with Gasteiger partial charge in [-0.05, 0) is 31.2 Å². The third kappa shape index (κ3) is 5.04. The second-order valence-electron chi connectivity index (χ2n) is 6.64. The Morgan fingerprint density at radius 3 is 2.71 bits per heavy atom. The zero-order chi connectivity index (χ0) is 21.6. The van der Waals surface area contributed by atoms with Crippen LogP contribution in [0.5, 0.6) is 11.5 Å². The number of hydrogen-bond donors (Lipinski definition) is 2. The molecule has 0 fully saturated rings. The molecule has 0 saturated heterocycles. The van der Waals surface area contributed by atoms with Gasteiger partial charge in [0, 0.05) is 10.9 Å². The van der Waals surface area contributed by atoms with Crippen molar-refractivity contribution in [3.05, 3.63) is 72.0 Å². The van der Waals surface area contributed by atoms with Crippen molar-refractivity contribution in [2.75, 3.05) is 11.9 Å². The summed E-state index contributed by atoms with van der Waals surface area (Å²) < 4.78 is 5.67. The van der Waals surface area contributed by atoms with E-state index in [1.165, 1.54) is 23.7 Å². The van der Waals surface area contributed by atoms with Gasteiger partial charge < -0.3 is 15.2 Å². The number of phenolic OH excluding ortho intramolecular Hbond substituents is 1. The van der Waals surface area contributed by atoms with E-state index in [9.17, 15) is 9.90 Å². The molecule has 2 heterocycles. The summed E-state index contributed by atoms with van der Waals surface area (Å²) in [6.45, 7) is 2.51. The van der Waals surface area contributed by atoms with Gasteiger partial charge in [0.1, 0.15) is 16.5 Å². The summed E-state index contributed by atoms with van der Waals surface area (Å²) in [7, 11) is 0. The number of aromatic nitrogens is 3. The number of anilines is 1. The largest absolute Gasteiger partial charge is 0.508 e. The molecule has 0 unspecified atom stereocenters. The SMILES string of the molecule is CCOc1ccccc1-c1nc(CC(=O)Nc2cnc(-c3cccc(O)c3)nc2)cs1. The first-order chi connectivity index (χ1) is 15.1. The number of phenols is 1. The van der Waals surface area contributed by atoms with Gasteiger partial charge in [-0.15, -0.1) is 11.3 Å². The molecule has 0 aliphatic carbocycles. The molecule has 0 aliphatic rings. The fraction of sp³-hybridized carbons (Fsp3) is 0.130. The highest BCUT2D eigenvalue weighted by atomic mass is 32.1. The van der Waals surface area contributed by atoms with Crippen LogP contribution < -0.4 is 10.1 Å². The van der Waals surface area contributed by atoms with Crippen molar-refractivity contribution in [2.24, 2.45) is 0 Å². The number of nitrogens with zero attached hydrogens (tertiary/aromatic N) is 3. The Labute approximate surface area is 183 Å². The Balaban J connectivity index is 1.41. The predicted octanol–water partition coefficient (Wildman–Crippen LogP) is 4.55. The first-order valence-electron chi connectivity index (χ1n) is 9.70. The summed E-state index contributed by atoms with van der Waals surface area (Å²) in [4.78, 5) is 25.5. The first-order valence-corrected chi connectivity index (χ1v) is 10.6. The van der Waals surface area contributed by atoms with Gasteiger partial charge in [0.15, 0.2) is 5.82 Å². The molecule has 4 aromatic rings. The molecule has 4 rings (SSSR count). The molecule has 2 aromatic carbocycles. The molecule has 0 atom stereocenters. The second-order valence-corrected chi connectivity index (χ2v) is 7.50. The molecule has 1 amide bonds. The lowest BCUT2D eigenvalue weighted by Gasteiger charge is -2.07. The lowest BCUT2D eigenvalue weighted by Crippen LogP contribution is -2.15. The first kappa shape index (κ1) is 20.5. The lowest BCUT2D eigenvalue weighted by molar-refractivity contribution is -0.115. The fourth-order valence-corrected chi connectivity index (χ4v) is 3.84. The number of carbonyl (C=O) groups is 1. The summed E-state index contributed by atoms with van der Waals surface area (Å²) in [6, 6.07) is 14.4. The highest BCUT2D eigenvalue weighted by Crippen LogP contribution is 2.32. The van der Waals surface area contributed by atoms with Gasteiger partial charge in [-0.25, -0.2) is 15.0 Å². The molecule has 7 nitrogen and oxygen atoms in total. The second kappa shape index (κ2) is 9.36. The van der Waals surface area contributed by atoms with Gasteiger partial charge in [0.25, 0.3) is 0 Å². The van der Waals surface area contributed by atoms with Gasteiger partial charge in [0.05, 0.1) is 42.4 Å². The Hall–Kier alpha value is -3.78. The van der Waals surface area contributed by atoms with E-state index in [4.69, 9.17) is 4.74 Å². The summed E-state index contributed by atoms with van der Waals surface area (Å²) in [6.07, 6.45) is 3.21. The number of amides is 1. The van der Waals surface area contributed by atoms with Crippen molar-refractivity contribution in [3.8, 4) is 33.5 Å². The molecule has 0 saturated carbocycles. The number of thiazole rings is 1. The summed E-state index contributed by atoms with van der Waals surface area (Å²) in [5, 5.41) is 15.1. The van der Waals surface area contributed by atoms with Gasteiger partial charge in [-0.3, -0.25) is 4.79 Å². The number of hydrogen-bond acceptors (Lipinski definition) is 7. The van der Waals surface area contributed by atoms with E-state index in [1.54, 1.807) is 24.3 Å². The molecular formula is C23H20N4O3S. The van der Waals surface area contributed by atoms with Crippen molar-refractivity contribution in [1.82, 2.24) is 15.0 Å². The normalized spacial score (nSPS) is 10.6. The molecule has 2 N–H and O–H groups in total. The number of benzene rings is 2. The number of aromatic hydroxyl groups is 1. The summed E-state index contributed by atoms with van der Waals surface area (Å²) in [5.74, 6) is 1.18. The fourth-order valence-electron chi connectivity index (χ4n) is 2.99. The van der Waals surface area contributed by atoms with Crippen LogP contribution in [-0.4, -0.2) is 32.6 Å². The van der Waals surface area contributed by atoms with Crippen LogP contribution in [0, 0.1) is 0 Å². The van der Waals surface area contributed by atoms with Crippen LogP contribution in [0.2, 0.25) is 0 Å². The van der Waals surface area contributed by atoms with Crippen LogP contribution in [0.1, 0.15) is 12.6 Å². The topological polar surface area (TPSA) is 97.2 Å². The number of rotatable bonds is 7.